The molecule has 0 bridgehead atoms. The van der Waals surface area contributed by atoms with Crippen LogP contribution in [0, 0.1) is 5.92 Å². The Morgan fingerprint density at radius 2 is 1.17 bits per heavy atom. The molecule has 110 valence electrons. The molecule has 0 aliphatic heterocycles. The fourth-order valence-corrected chi connectivity index (χ4v) is 8.18. The molecule has 1 unspecified atom stereocenters. The van der Waals surface area contributed by atoms with Gasteiger partial charge in [0.2, 0.25) is 0 Å². The van der Waals surface area contributed by atoms with Crippen LogP contribution in [0.15, 0.2) is 0 Å². The van der Waals surface area contributed by atoms with Gasteiger partial charge < -0.3 is 29.4 Å². The van der Waals surface area contributed by atoms with E-state index in [9.17, 15) is 13.7 Å². The van der Waals surface area contributed by atoms with Gasteiger partial charge >= 0.3 is 22.8 Å². The molecule has 18 heavy (non-hydrogen) atoms. The predicted octanol–water partition coefficient (Wildman–Crippen LogP) is 0.609. The van der Waals surface area contributed by atoms with Gasteiger partial charge in [0.25, 0.3) is 4.64 Å². The molecule has 0 aromatic rings. The maximum absolute atomic E-state index is 11.4. The first-order valence-electron chi connectivity index (χ1n) is 4.90. The summed E-state index contributed by atoms with van der Waals surface area (Å²) in [4.78, 5) is 54.7. The highest BCUT2D eigenvalue weighted by atomic mass is 31.3. The van der Waals surface area contributed by atoms with Crippen LogP contribution >= 0.6 is 22.8 Å². The van der Waals surface area contributed by atoms with Crippen LogP contribution < -0.4 is 0 Å². The van der Waals surface area contributed by atoms with E-state index in [2.05, 4.69) is 0 Å². The van der Waals surface area contributed by atoms with Gasteiger partial charge in [-0.3, -0.25) is 13.7 Å². The molecule has 1 atom stereocenters. The lowest BCUT2D eigenvalue weighted by atomic mass is 10.1. The largest absolute Gasteiger partial charge is 0.356 e. The Balaban J connectivity index is 6.37. The molecule has 0 fully saturated rings. The summed E-state index contributed by atoms with van der Waals surface area (Å²) in [5, 5.41) is 0. The molecule has 0 spiro atoms. The van der Waals surface area contributed by atoms with Crippen molar-refractivity contribution in [1.82, 2.24) is 0 Å². The summed E-state index contributed by atoms with van der Waals surface area (Å²) >= 11 is 0. The van der Waals surface area contributed by atoms with Gasteiger partial charge in [-0.05, 0) is 12.3 Å². The fourth-order valence-electron chi connectivity index (χ4n) is 2.00. The van der Waals surface area contributed by atoms with Crippen molar-refractivity contribution in [3.63, 3.8) is 0 Å². The monoisotopic (exact) mass is 326 g/mol. The summed E-state index contributed by atoms with van der Waals surface area (Å²) in [6, 6.07) is 0. The van der Waals surface area contributed by atoms with Gasteiger partial charge in [0.15, 0.2) is 0 Å². The van der Waals surface area contributed by atoms with Crippen LogP contribution in [-0.4, -0.2) is 34.0 Å². The van der Waals surface area contributed by atoms with E-state index in [4.69, 9.17) is 29.4 Å². The van der Waals surface area contributed by atoms with Crippen LogP contribution in [0.25, 0.3) is 0 Å². The second-order valence-corrected chi connectivity index (χ2v) is 10.4. The molecule has 0 aromatic heterocycles. The van der Waals surface area contributed by atoms with Gasteiger partial charge in [0.05, 0.1) is 0 Å². The van der Waals surface area contributed by atoms with Crippen LogP contribution in [0.4, 0.5) is 0 Å². The van der Waals surface area contributed by atoms with E-state index in [1.165, 1.54) is 0 Å². The third-order valence-corrected chi connectivity index (χ3v) is 11.3. The predicted molar refractivity (Wildman–Crippen MR) is 62.9 cm³/mol. The van der Waals surface area contributed by atoms with Crippen molar-refractivity contribution in [2.75, 3.05) is 0 Å². The standard InChI is InChI=1S/C6H17O9P3/c1-3-4-5(2)6(16(7,8)9,17(10,11)12)18(13,14)15/h5H,3-4H2,1-2H3,(H2,7,8,9)(H2,10,11,12)(H2,13,14,15). The van der Waals surface area contributed by atoms with E-state index in [0.29, 0.717) is 0 Å². The zero-order valence-electron chi connectivity index (χ0n) is 9.74. The van der Waals surface area contributed by atoms with Crippen molar-refractivity contribution < 1.29 is 43.1 Å². The SMILES string of the molecule is CCCC(C)C(P(=O)(O)O)(P(=O)(O)O)P(=O)(O)O. The molecular formula is C6H17O9P3. The van der Waals surface area contributed by atoms with Gasteiger partial charge in [0.1, 0.15) is 0 Å². The Labute approximate surface area is 104 Å². The summed E-state index contributed by atoms with van der Waals surface area (Å²) in [6.45, 7) is 2.56. The van der Waals surface area contributed by atoms with Crippen LogP contribution in [0.2, 0.25) is 0 Å². The maximum Gasteiger partial charge on any atom is 0.356 e. The molecule has 12 heteroatoms. The maximum atomic E-state index is 11.4. The molecule has 0 aromatic carbocycles. The molecular weight excluding hydrogens is 309 g/mol. The van der Waals surface area contributed by atoms with Gasteiger partial charge in [0, 0.05) is 0 Å². The van der Waals surface area contributed by atoms with E-state index in [-0.39, 0.29) is 12.8 Å². The average molecular weight is 326 g/mol. The summed E-state index contributed by atoms with van der Waals surface area (Å²) < 4.78 is 30.4. The number of hydrogen-bond acceptors (Lipinski definition) is 3. The first-order valence-corrected chi connectivity index (χ1v) is 9.74. The molecule has 6 N–H and O–H groups in total. The highest BCUT2D eigenvalue weighted by Gasteiger charge is 2.73. The first-order chi connectivity index (χ1) is 7.73. The quantitative estimate of drug-likeness (QED) is 0.382. The Morgan fingerprint density at radius 3 is 1.33 bits per heavy atom. The van der Waals surface area contributed by atoms with Gasteiger partial charge in [-0.2, -0.15) is 0 Å². The summed E-state index contributed by atoms with van der Waals surface area (Å²) in [5.74, 6) is -1.55. The molecule has 0 aliphatic rings. The van der Waals surface area contributed by atoms with E-state index in [1.54, 1.807) is 6.92 Å². The molecule has 0 rings (SSSR count). The fraction of sp³-hybridized carbons (Fsp3) is 1.00. The Morgan fingerprint density at radius 1 is 0.889 bits per heavy atom. The van der Waals surface area contributed by atoms with E-state index in [1.807, 2.05) is 0 Å². The highest BCUT2D eigenvalue weighted by molar-refractivity contribution is 7.88. The lowest BCUT2D eigenvalue weighted by Gasteiger charge is -2.39. The topological polar surface area (TPSA) is 173 Å². The number of rotatable bonds is 6. The normalized spacial score (nSPS) is 16.7. The Hall–Kier alpha value is 0.450. The van der Waals surface area contributed by atoms with E-state index < -0.39 is 33.3 Å². The summed E-state index contributed by atoms with van der Waals surface area (Å²) in [7, 11) is -17.3. The van der Waals surface area contributed by atoms with E-state index in [0.717, 1.165) is 6.92 Å². The molecule has 0 saturated carbocycles. The van der Waals surface area contributed by atoms with Crippen molar-refractivity contribution in [2.45, 2.75) is 31.3 Å². The van der Waals surface area contributed by atoms with Crippen LogP contribution in [0.3, 0.4) is 0 Å². The van der Waals surface area contributed by atoms with Gasteiger partial charge in [-0.25, -0.2) is 0 Å². The van der Waals surface area contributed by atoms with Crippen LogP contribution in [0.1, 0.15) is 26.7 Å². The third kappa shape index (κ3) is 2.96. The summed E-state index contributed by atoms with van der Waals surface area (Å²) in [5.41, 5.74) is 0. The lowest BCUT2D eigenvalue weighted by molar-refractivity contribution is 0.270. The lowest BCUT2D eigenvalue weighted by Crippen LogP contribution is -2.36. The molecule has 0 aliphatic carbocycles. The molecule has 0 radical (unpaired) electrons. The minimum Gasteiger partial charge on any atom is -0.323 e. The minimum absolute atomic E-state index is 0.151. The smallest absolute Gasteiger partial charge is 0.323 e. The third-order valence-electron chi connectivity index (χ3n) is 2.67. The van der Waals surface area contributed by atoms with E-state index >= 15 is 0 Å². The highest BCUT2D eigenvalue weighted by Crippen LogP contribution is 2.85. The zero-order chi connectivity index (χ0) is 15.0. The average Bonchev–Trinajstić information content (AvgIpc) is 1.94. The van der Waals surface area contributed by atoms with Gasteiger partial charge in [-0.1, -0.05) is 20.3 Å². The Bertz CT molecular complexity index is 373. The van der Waals surface area contributed by atoms with Crippen molar-refractivity contribution >= 4 is 22.8 Å². The molecule has 0 heterocycles. The van der Waals surface area contributed by atoms with Gasteiger partial charge in [-0.15, -0.1) is 0 Å². The molecule has 9 nitrogen and oxygen atoms in total. The molecule has 0 amide bonds. The van der Waals surface area contributed by atoms with Crippen molar-refractivity contribution in [1.29, 1.82) is 0 Å². The zero-order valence-corrected chi connectivity index (χ0v) is 12.4. The summed E-state index contributed by atoms with van der Waals surface area (Å²) in [6.07, 6.45) is 0.101. The van der Waals surface area contributed by atoms with Crippen molar-refractivity contribution in [3.05, 3.63) is 0 Å². The Kier molecular flexibility index (Phi) is 5.58. The van der Waals surface area contributed by atoms with Crippen molar-refractivity contribution in [3.8, 4) is 0 Å². The van der Waals surface area contributed by atoms with Crippen LogP contribution in [0.5, 0.6) is 0 Å². The second-order valence-electron chi connectivity index (χ2n) is 4.01. The van der Waals surface area contributed by atoms with Crippen LogP contribution in [-0.2, 0) is 13.7 Å². The second kappa shape index (κ2) is 5.44. The van der Waals surface area contributed by atoms with Crippen molar-refractivity contribution in [2.24, 2.45) is 5.92 Å². The first kappa shape index (κ1) is 18.4. The minimum atomic E-state index is -5.76. The molecule has 0 saturated heterocycles. The number of hydrogen-bond donors (Lipinski definition) is 6.